The van der Waals surface area contributed by atoms with Gasteiger partial charge in [0.15, 0.2) is 0 Å². The average molecular weight is 341 g/mol. The van der Waals surface area contributed by atoms with Gasteiger partial charge in [-0.3, -0.25) is 14.9 Å². The molecular formula is C18H19N3O4. The van der Waals surface area contributed by atoms with Gasteiger partial charge in [0.05, 0.1) is 12.0 Å². The number of hydrogen-bond donors (Lipinski definition) is 2. The number of carbonyl (C=O) groups is 1. The van der Waals surface area contributed by atoms with Gasteiger partial charge in [-0.1, -0.05) is 18.2 Å². The largest absolute Gasteiger partial charge is 0.496 e. The first-order valence-electron chi connectivity index (χ1n) is 8.03. The van der Waals surface area contributed by atoms with Crippen molar-refractivity contribution < 1.29 is 14.5 Å². The smallest absolute Gasteiger partial charge is 0.293 e. The Morgan fingerprint density at radius 1 is 1.28 bits per heavy atom. The first-order chi connectivity index (χ1) is 12.1. The lowest BCUT2D eigenvalue weighted by atomic mass is 10.1. The molecule has 0 atom stereocenters. The number of methoxy groups -OCH3 is 1. The molecule has 0 unspecified atom stereocenters. The van der Waals surface area contributed by atoms with E-state index in [4.69, 9.17) is 4.74 Å². The molecule has 7 heteroatoms. The Hall–Kier alpha value is -3.09. The maximum atomic E-state index is 12.1. The zero-order chi connectivity index (χ0) is 17.8. The molecule has 2 aromatic rings. The number of rotatable bonds is 7. The van der Waals surface area contributed by atoms with Gasteiger partial charge in [-0.15, -0.1) is 0 Å². The number of nitro groups is 1. The van der Waals surface area contributed by atoms with Gasteiger partial charge in [0.1, 0.15) is 11.4 Å². The third kappa shape index (κ3) is 4.06. The van der Waals surface area contributed by atoms with Crippen LogP contribution in [0.2, 0.25) is 0 Å². The molecule has 25 heavy (non-hydrogen) atoms. The number of anilines is 1. The molecule has 3 rings (SSSR count). The molecule has 0 aliphatic heterocycles. The van der Waals surface area contributed by atoms with Crippen molar-refractivity contribution in [1.82, 2.24) is 5.32 Å². The Bertz CT molecular complexity index is 803. The van der Waals surface area contributed by atoms with Crippen molar-refractivity contribution in [3.8, 4) is 5.75 Å². The summed E-state index contributed by atoms with van der Waals surface area (Å²) >= 11 is 0. The van der Waals surface area contributed by atoms with Crippen molar-refractivity contribution >= 4 is 17.3 Å². The zero-order valence-corrected chi connectivity index (χ0v) is 13.8. The van der Waals surface area contributed by atoms with Crippen LogP contribution in [-0.4, -0.2) is 24.0 Å². The monoisotopic (exact) mass is 341 g/mol. The van der Waals surface area contributed by atoms with E-state index < -0.39 is 4.92 Å². The summed E-state index contributed by atoms with van der Waals surface area (Å²) in [6.07, 6.45) is 1.93. The molecule has 7 nitrogen and oxygen atoms in total. The third-order valence-electron chi connectivity index (χ3n) is 4.03. The topological polar surface area (TPSA) is 93.5 Å². The predicted molar refractivity (Wildman–Crippen MR) is 93.9 cm³/mol. The minimum atomic E-state index is -0.488. The predicted octanol–water partition coefficient (Wildman–Crippen LogP) is 3.11. The van der Waals surface area contributed by atoms with Crippen LogP contribution < -0.4 is 15.4 Å². The Balaban J connectivity index is 1.78. The fraction of sp³-hybridized carbons (Fsp3) is 0.278. The van der Waals surface area contributed by atoms with Gasteiger partial charge in [0.2, 0.25) is 0 Å². The van der Waals surface area contributed by atoms with Crippen LogP contribution >= 0.6 is 0 Å². The summed E-state index contributed by atoms with van der Waals surface area (Å²) in [7, 11) is 1.58. The minimum absolute atomic E-state index is 0.127. The molecule has 0 bridgehead atoms. The molecule has 1 aliphatic rings. The summed E-state index contributed by atoms with van der Waals surface area (Å²) in [5.41, 5.74) is 1.41. The number of hydrogen-bond acceptors (Lipinski definition) is 5. The molecule has 1 saturated carbocycles. The lowest BCUT2D eigenvalue weighted by Gasteiger charge is -2.11. The highest BCUT2D eigenvalue weighted by atomic mass is 16.6. The number of para-hydroxylation sites is 1. The maximum Gasteiger partial charge on any atom is 0.293 e. The normalized spacial score (nSPS) is 13.2. The number of nitrogens with one attached hydrogen (secondary N) is 2. The van der Waals surface area contributed by atoms with Crippen LogP contribution in [0.15, 0.2) is 42.5 Å². The Labute approximate surface area is 145 Å². The van der Waals surface area contributed by atoms with Crippen molar-refractivity contribution in [2.75, 3.05) is 12.4 Å². The van der Waals surface area contributed by atoms with Gasteiger partial charge >= 0.3 is 0 Å². The highest BCUT2D eigenvalue weighted by Crippen LogP contribution is 2.28. The van der Waals surface area contributed by atoms with Gasteiger partial charge < -0.3 is 15.4 Å². The van der Waals surface area contributed by atoms with Crippen LogP contribution in [0.5, 0.6) is 5.75 Å². The molecule has 0 radical (unpaired) electrons. The van der Waals surface area contributed by atoms with E-state index in [2.05, 4.69) is 10.6 Å². The average Bonchev–Trinajstić information content (AvgIpc) is 3.43. The molecule has 130 valence electrons. The maximum absolute atomic E-state index is 12.1. The standard InChI is InChI=1S/C18H19N3O4/c1-25-17-5-3-2-4-13(17)11-19-15-9-6-12(10-16(15)21(23)24)18(22)20-14-7-8-14/h2-6,9-10,14,19H,7-8,11H2,1H3,(H,20,22). The second-order valence-electron chi connectivity index (χ2n) is 5.90. The molecule has 1 fully saturated rings. The van der Waals surface area contributed by atoms with Crippen LogP contribution in [0.1, 0.15) is 28.8 Å². The minimum Gasteiger partial charge on any atom is -0.496 e. The second-order valence-corrected chi connectivity index (χ2v) is 5.90. The van der Waals surface area contributed by atoms with Gasteiger partial charge in [0, 0.05) is 29.8 Å². The molecule has 0 saturated heterocycles. The zero-order valence-electron chi connectivity index (χ0n) is 13.8. The molecule has 0 aromatic heterocycles. The molecule has 0 heterocycles. The molecular weight excluding hydrogens is 322 g/mol. The van der Waals surface area contributed by atoms with E-state index in [0.717, 1.165) is 18.4 Å². The number of nitrogens with zero attached hydrogens (tertiary/aromatic N) is 1. The summed E-state index contributed by atoms with van der Waals surface area (Å²) in [6, 6.07) is 12.1. The third-order valence-corrected chi connectivity index (χ3v) is 4.03. The summed E-state index contributed by atoms with van der Waals surface area (Å²) in [5.74, 6) is 0.431. The SMILES string of the molecule is COc1ccccc1CNc1ccc(C(=O)NC2CC2)cc1[N+](=O)[O-]. The van der Waals surface area contributed by atoms with Gasteiger partial charge in [-0.2, -0.15) is 0 Å². The van der Waals surface area contributed by atoms with Crippen molar-refractivity contribution in [3.05, 3.63) is 63.7 Å². The molecule has 1 aliphatic carbocycles. The number of carbonyl (C=O) groups excluding carboxylic acids is 1. The molecule has 0 spiro atoms. The van der Waals surface area contributed by atoms with E-state index >= 15 is 0 Å². The highest BCUT2D eigenvalue weighted by molar-refractivity contribution is 5.96. The van der Waals surface area contributed by atoms with Crippen LogP contribution in [-0.2, 0) is 6.54 Å². The summed E-state index contributed by atoms with van der Waals surface area (Å²) in [4.78, 5) is 23.0. The van der Waals surface area contributed by atoms with Gasteiger partial charge in [-0.25, -0.2) is 0 Å². The van der Waals surface area contributed by atoms with Crippen molar-refractivity contribution in [3.63, 3.8) is 0 Å². The lowest BCUT2D eigenvalue weighted by molar-refractivity contribution is -0.384. The van der Waals surface area contributed by atoms with Gasteiger partial charge in [-0.05, 0) is 31.0 Å². The molecule has 2 N–H and O–H groups in total. The summed E-state index contributed by atoms with van der Waals surface area (Å²) < 4.78 is 5.28. The van der Waals surface area contributed by atoms with E-state index in [-0.39, 0.29) is 17.6 Å². The summed E-state index contributed by atoms with van der Waals surface area (Å²) in [5, 5.41) is 17.3. The van der Waals surface area contributed by atoms with E-state index in [1.807, 2.05) is 24.3 Å². The Morgan fingerprint density at radius 3 is 2.72 bits per heavy atom. The van der Waals surface area contributed by atoms with Crippen LogP contribution in [0.4, 0.5) is 11.4 Å². The van der Waals surface area contributed by atoms with Crippen molar-refractivity contribution in [2.45, 2.75) is 25.4 Å². The van der Waals surface area contributed by atoms with E-state index in [0.29, 0.717) is 23.5 Å². The number of ether oxygens (including phenoxy) is 1. The first kappa shape index (κ1) is 16.8. The molecule has 2 aromatic carbocycles. The van der Waals surface area contributed by atoms with E-state index in [1.165, 1.54) is 6.07 Å². The first-order valence-corrected chi connectivity index (χ1v) is 8.03. The quantitative estimate of drug-likeness (QED) is 0.596. The fourth-order valence-electron chi connectivity index (χ4n) is 2.51. The summed E-state index contributed by atoms with van der Waals surface area (Å²) in [6.45, 7) is 0.373. The van der Waals surface area contributed by atoms with E-state index in [1.54, 1.807) is 19.2 Å². The van der Waals surface area contributed by atoms with Crippen molar-refractivity contribution in [1.29, 1.82) is 0 Å². The Morgan fingerprint density at radius 2 is 2.04 bits per heavy atom. The van der Waals surface area contributed by atoms with Crippen LogP contribution in [0, 0.1) is 10.1 Å². The second kappa shape index (κ2) is 7.21. The van der Waals surface area contributed by atoms with E-state index in [9.17, 15) is 14.9 Å². The number of nitro benzene ring substituents is 1. The molecule has 1 amide bonds. The van der Waals surface area contributed by atoms with Crippen molar-refractivity contribution in [2.24, 2.45) is 0 Å². The van der Waals surface area contributed by atoms with Gasteiger partial charge in [0.25, 0.3) is 11.6 Å². The highest BCUT2D eigenvalue weighted by Gasteiger charge is 2.25. The van der Waals surface area contributed by atoms with Crippen LogP contribution in [0.3, 0.4) is 0 Å². The lowest BCUT2D eigenvalue weighted by Crippen LogP contribution is -2.25. The number of benzene rings is 2. The fourth-order valence-corrected chi connectivity index (χ4v) is 2.51. The number of amides is 1. The Kier molecular flexibility index (Phi) is 4.83. The van der Waals surface area contributed by atoms with Crippen LogP contribution in [0.25, 0.3) is 0 Å².